The van der Waals surface area contributed by atoms with E-state index in [1.165, 1.54) is 27.7 Å². The molecule has 0 fully saturated rings. The van der Waals surface area contributed by atoms with Crippen molar-refractivity contribution in [1.82, 2.24) is 0 Å². The highest BCUT2D eigenvalue weighted by Crippen LogP contribution is 2.88. The molecule has 0 amide bonds. The van der Waals surface area contributed by atoms with Gasteiger partial charge in [0.2, 0.25) is 7.61 Å². The van der Waals surface area contributed by atoms with Crippen LogP contribution in [0.5, 0.6) is 0 Å². The molecule has 0 saturated heterocycles. The number of rotatable bonds is 7. The van der Waals surface area contributed by atoms with Crippen LogP contribution in [0.2, 0.25) is 0 Å². The van der Waals surface area contributed by atoms with E-state index in [9.17, 15) is 30.9 Å². The molecule has 0 bridgehead atoms. The van der Waals surface area contributed by atoms with Crippen molar-refractivity contribution in [2.24, 2.45) is 11.8 Å². The van der Waals surface area contributed by atoms with Crippen LogP contribution in [0.1, 0.15) is 27.7 Å². The number of halogens is 6. The van der Waals surface area contributed by atoms with Crippen LogP contribution in [0.4, 0.5) is 26.3 Å². The Bertz CT molecular complexity index is 337. The molecule has 0 rings (SSSR count). The van der Waals surface area contributed by atoms with E-state index in [2.05, 4.69) is 9.05 Å². The number of hydrogen-bond donors (Lipinski definition) is 0. The molecule has 0 radical (unpaired) electrons. The Morgan fingerprint density at radius 2 is 1.14 bits per heavy atom. The maximum absolute atomic E-state index is 12.7. The number of hydrogen-bond acceptors (Lipinski definition) is 3. The van der Waals surface area contributed by atoms with Crippen molar-refractivity contribution < 1.29 is 40.0 Å². The van der Waals surface area contributed by atoms with Gasteiger partial charge in [-0.25, -0.2) is 0 Å². The van der Waals surface area contributed by atoms with E-state index < -0.39 is 39.9 Å². The first-order valence-corrected chi connectivity index (χ1v) is 9.62. The lowest BCUT2D eigenvalue weighted by atomic mass is 10.2. The molecule has 21 heavy (non-hydrogen) atoms. The second-order valence-corrected chi connectivity index (χ2v) is 10.9. The smallest absolute Gasteiger partial charge is 0.305 e. The summed E-state index contributed by atoms with van der Waals surface area (Å²) >= 11 is 0. The molecule has 0 N–H and O–H groups in total. The molecule has 0 aliphatic heterocycles. The minimum atomic E-state index is -5.71. The fourth-order valence-electron chi connectivity index (χ4n) is 1.06. The van der Waals surface area contributed by atoms with Gasteiger partial charge in [-0.05, 0) is 11.8 Å². The zero-order chi connectivity index (χ0) is 17.1. The normalized spacial score (nSPS) is 14.5. The van der Waals surface area contributed by atoms with Gasteiger partial charge in [0, 0.05) is 0 Å². The van der Waals surface area contributed by atoms with Gasteiger partial charge in [0.05, 0.1) is 13.2 Å². The zero-order valence-electron chi connectivity index (χ0n) is 12.0. The fourth-order valence-corrected chi connectivity index (χ4v) is 5.94. The van der Waals surface area contributed by atoms with Crippen molar-refractivity contribution in [2.45, 2.75) is 39.5 Å². The highest BCUT2D eigenvalue weighted by Gasteiger charge is 2.68. The fraction of sp³-hybridized carbons (Fsp3) is 1.00. The highest BCUT2D eigenvalue weighted by atomic mass is 32.1. The average molecular weight is 362 g/mol. The summed E-state index contributed by atoms with van der Waals surface area (Å²) in [5.41, 5.74) is 0. The Kier molecular flexibility index (Phi) is 7.68. The maximum Gasteiger partial charge on any atom is 0.425 e. The average Bonchev–Trinajstić information content (AvgIpc) is 2.19. The third-order valence-corrected chi connectivity index (χ3v) is 7.79. The third kappa shape index (κ3) is 7.31. The second kappa shape index (κ2) is 7.62. The van der Waals surface area contributed by atoms with Gasteiger partial charge in [-0.1, -0.05) is 27.7 Å². The Morgan fingerprint density at radius 1 is 0.857 bits per heavy atom. The molecule has 0 aromatic carbocycles. The van der Waals surface area contributed by atoms with Gasteiger partial charge in [-0.15, -0.1) is 0 Å². The van der Waals surface area contributed by atoms with E-state index >= 15 is 0 Å². The van der Waals surface area contributed by atoms with Crippen LogP contribution in [0.3, 0.4) is 0 Å². The lowest BCUT2D eigenvalue weighted by Gasteiger charge is -2.30. The molecule has 0 aromatic heterocycles. The first kappa shape index (κ1) is 21.2. The van der Waals surface area contributed by atoms with E-state index in [0.717, 1.165) is 0 Å². The van der Waals surface area contributed by atoms with Crippen molar-refractivity contribution in [3.05, 3.63) is 0 Å². The Hall–Kier alpha value is 0.160. The van der Waals surface area contributed by atoms with E-state index in [-0.39, 0.29) is 11.8 Å². The van der Waals surface area contributed by atoms with Crippen molar-refractivity contribution in [2.75, 3.05) is 13.2 Å². The standard InChI is InChI=1S/C10H18F6O3P2/c1-7(2)5-18-21(17,19-6-8(3)4)20(9(11,12)13)10(14,15)16/h7-8H,5-6H2,1-4H3. The molecular formula is C10H18F6O3P2. The van der Waals surface area contributed by atoms with Crippen molar-refractivity contribution in [1.29, 1.82) is 0 Å². The zero-order valence-corrected chi connectivity index (χ0v) is 13.7. The summed E-state index contributed by atoms with van der Waals surface area (Å²) in [5.74, 6) is -12.2. The first-order valence-electron chi connectivity index (χ1n) is 6.03. The summed E-state index contributed by atoms with van der Waals surface area (Å²) in [4.78, 5) is 0. The molecule has 0 aliphatic rings. The molecule has 0 aliphatic carbocycles. The summed E-state index contributed by atoms with van der Waals surface area (Å²) in [7, 11) is -10.3. The maximum atomic E-state index is 12.7. The summed E-state index contributed by atoms with van der Waals surface area (Å²) in [6.45, 7) is 5.01. The Balaban J connectivity index is 5.54. The molecule has 3 nitrogen and oxygen atoms in total. The van der Waals surface area contributed by atoms with Gasteiger partial charge in [0.1, 0.15) is 0 Å². The monoisotopic (exact) mass is 362 g/mol. The lowest BCUT2D eigenvalue weighted by molar-refractivity contribution is -0.0811. The van der Waals surface area contributed by atoms with Gasteiger partial charge >= 0.3 is 19.1 Å². The molecule has 128 valence electrons. The van der Waals surface area contributed by atoms with Gasteiger partial charge in [-0.2, -0.15) is 26.3 Å². The lowest BCUT2D eigenvalue weighted by Crippen LogP contribution is -2.21. The number of alkyl halides is 6. The molecule has 0 spiro atoms. The minimum absolute atomic E-state index is 0.390. The second-order valence-electron chi connectivity index (χ2n) is 5.10. The Labute approximate surface area is 120 Å². The predicted molar refractivity (Wildman–Crippen MR) is 68.2 cm³/mol. The largest absolute Gasteiger partial charge is 0.425 e. The van der Waals surface area contributed by atoms with E-state index in [1.54, 1.807) is 0 Å². The summed E-state index contributed by atoms with van der Waals surface area (Å²) < 4.78 is 97.5. The van der Waals surface area contributed by atoms with Crippen molar-refractivity contribution >= 4 is 14.9 Å². The molecule has 0 heterocycles. The molecular weight excluding hydrogens is 344 g/mol. The van der Waals surface area contributed by atoms with Crippen LogP contribution in [0.25, 0.3) is 0 Å². The van der Waals surface area contributed by atoms with Crippen molar-refractivity contribution in [3.8, 4) is 0 Å². The summed E-state index contributed by atoms with van der Waals surface area (Å²) in [5, 5.41) is 0. The first-order chi connectivity index (χ1) is 9.20. The quantitative estimate of drug-likeness (QED) is 0.414. The van der Waals surface area contributed by atoms with Crippen LogP contribution in [-0.4, -0.2) is 25.0 Å². The van der Waals surface area contributed by atoms with Crippen LogP contribution in [0.15, 0.2) is 0 Å². The van der Waals surface area contributed by atoms with Crippen molar-refractivity contribution in [3.63, 3.8) is 0 Å². The molecule has 0 aromatic rings. The summed E-state index contributed by atoms with van der Waals surface area (Å²) in [6.07, 6.45) is 0. The SMILES string of the molecule is CC(C)COP(=O)(OCC(C)C)P(C(F)(F)F)C(F)(F)F. The summed E-state index contributed by atoms with van der Waals surface area (Å²) in [6, 6.07) is 0. The van der Waals surface area contributed by atoms with E-state index in [1.807, 2.05) is 0 Å². The molecule has 0 unspecified atom stereocenters. The van der Waals surface area contributed by atoms with Crippen LogP contribution < -0.4 is 0 Å². The molecule has 11 heteroatoms. The van der Waals surface area contributed by atoms with E-state index in [0.29, 0.717) is 0 Å². The molecule has 0 saturated carbocycles. The minimum Gasteiger partial charge on any atom is -0.305 e. The van der Waals surface area contributed by atoms with Gasteiger partial charge in [-0.3, -0.25) is 4.57 Å². The predicted octanol–water partition coefficient (Wildman–Crippen LogP) is 5.96. The third-order valence-electron chi connectivity index (χ3n) is 1.87. The topological polar surface area (TPSA) is 35.5 Å². The Morgan fingerprint density at radius 3 is 1.33 bits per heavy atom. The van der Waals surface area contributed by atoms with E-state index in [4.69, 9.17) is 0 Å². The van der Waals surface area contributed by atoms with Gasteiger partial charge < -0.3 is 9.05 Å². The van der Waals surface area contributed by atoms with Crippen LogP contribution in [0, 0.1) is 11.8 Å². The molecule has 0 atom stereocenters. The highest BCUT2D eigenvalue weighted by molar-refractivity contribution is 8.29. The van der Waals surface area contributed by atoms with Gasteiger partial charge in [0.25, 0.3) is 0 Å². The van der Waals surface area contributed by atoms with Gasteiger partial charge in [0.15, 0.2) is 0 Å². The van der Waals surface area contributed by atoms with Crippen LogP contribution >= 0.6 is 14.9 Å². The van der Waals surface area contributed by atoms with Crippen LogP contribution in [-0.2, 0) is 13.6 Å².